The Balaban J connectivity index is 2.04. The third-order valence-corrected chi connectivity index (χ3v) is 5.26. The van der Waals surface area contributed by atoms with Crippen molar-refractivity contribution >= 4 is 39.1 Å². The lowest BCUT2D eigenvalue weighted by atomic mass is 10.0. The van der Waals surface area contributed by atoms with Crippen molar-refractivity contribution in [1.29, 1.82) is 0 Å². The highest BCUT2D eigenvalue weighted by Crippen LogP contribution is 2.32. The van der Waals surface area contributed by atoms with Crippen LogP contribution < -0.4 is 4.90 Å². The number of halogens is 1. The highest BCUT2D eigenvalue weighted by molar-refractivity contribution is 7.18. The fourth-order valence-electron chi connectivity index (χ4n) is 2.62. The van der Waals surface area contributed by atoms with Gasteiger partial charge in [0.15, 0.2) is 0 Å². The van der Waals surface area contributed by atoms with E-state index in [1.807, 2.05) is 0 Å². The summed E-state index contributed by atoms with van der Waals surface area (Å²) in [6, 6.07) is 2.62. The standard InChI is InChI=1S/C14H18ClN3S/c1-3-10-8-11-12(15)16-14(17-13(11)19-10)18-7-5-4-6-9(18)2/h8-9H,3-7H2,1-2H3. The van der Waals surface area contributed by atoms with Crippen molar-refractivity contribution in [2.45, 2.75) is 45.6 Å². The summed E-state index contributed by atoms with van der Waals surface area (Å²) in [6.07, 6.45) is 4.75. The molecule has 2 aromatic rings. The predicted molar refractivity (Wildman–Crippen MR) is 82.5 cm³/mol. The molecule has 19 heavy (non-hydrogen) atoms. The van der Waals surface area contributed by atoms with Gasteiger partial charge >= 0.3 is 0 Å². The van der Waals surface area contributed by atoms with Crippen molar-refractivity contribution in [3.05, 3.63) is 16.1 Å². The van der Waals surface area contributed by atoms with Gasteiger partial charge in [-0.25, -0.2) is 9.97 Å². The molecule has 1 fully saturated rings. The third kappa shape index (κ3) is 2.43. The average molecular weight is 296 g/mol. The van der Waals surface area contributed by atoms with Crippen LogP contribution in [-0.2, 0) is 6.42 Å². The minimum Gasteiger partial charge on any atom is -0.338 e. The van der Waals surface area contributed by atoms with Crippen LogP contribution in [0.5, 0.6) is 0 Å². The molecule has 0 radical (unpaired) electrons. The van der Waals surface area contributed by atoms with Crippen molar-refractivity contribution in [3.8, 4) is 0 Å². The van der Waals surface area contributed by atoms with Crippen LogP contribution in [0.1, 0.15) is 38.0 Å². The van der Waals surface area contributed by atoms with Gasteiger partial charge in [0, 0.05) is 22.8 Å². The fourth-order valence-corrected chi connectivity index (χ4v) is 3.86. The van der Waals surface area contributed by atoms with E-state index >= 15 is 0 Å². The van der Waals surface area contributed by atoms with E-state index in [1.54, 1.807) is 11.3 Å². The highest BCUT2D eigenvalue weighted by atomic mass is 35.5. The van der Waals surface area contributed by atoms with Crippen LogP contribution >= 0.6 is 22.9 Å². The summed E-state index contributed by atoms with van der Waals surface area (Å²) >= 11 is 8.06. The molecule has 0 aliphatic carbocycles. The Morgan fingerprint density at radius 2 is 2.26 bits per heavy atom. The number of nitrogens with zero attached hydrogens (tertiary/aromatic N) is 3. The second kappa shape index (κ2) is 5.25. The van der Waals surface area contributed by atoms with Crippen LogP contribution in [0.4, 0.5) is 5.95 Å². The van der Waals surface area contributed by atoms with Gasteiger partial charge in [-0.15, -0.1) is 11.3 Å². The van der Waals surface area contributed by atoms with Gasteiger partial charge in [0.1, 0.15) is 9.98 Å². The zero-order chi connectivity index (χ0) is 13.4. The molecule has 1 atom stereocenters. The molecule has 0 saturated carbocycles. The van der Waals surface area contributed by atoms with E-state index in [0.29, 0.717) is 11.2 Å². The molecular weight excluding hydrogens is 278 g/mol. The monoisotopic (exact) mass is 295 g/mol. The van der Waals surface area contributed by atoms with E-state index in [9.17, 15) is 0 Å². The van der Waals surface area contributed by atoms with Crippen LogP contribution in [0.15, 0.2) is 6.07 Å². The smallest absolute Gasteiger partial charge is 0.228 e. The maximum Gasteiger partial charge on any atom is 0.228 e. The van der Waals surface area contributed by atoms with E-state index < -0.39 is 0 Å². The number of hydrogen-bond donors (Lipinski definition) is 0. The molecule has 2 aromatic heterocycles. The molecule has 5 heteroatoms. The third-order valence-electron chi connectivity index (χ3n) is 3.79. The van der Waals surface area contributed by atoms with E-state index in [2.05, 4.69) is 29.8 Å². The molecule has 3 heterocycles. The summed E-state index contributed by atoms with van der Waals surface area (Å²) in [5.41, 5.74) is 0. The highest BCUT2D eigenvalue weighted by Gasteiger charge is 2.22. The first-order chi connectivity index (χ1) is 9.19. The van der Waals surface area contributed by atoms with Crippen molar-refractivity contribution in [1.82, 2.24) is 9.97 Å². The number of aryl methyl sites for hydroxylation is 1. The van der Waals surface area contributed by atoms with Gasteiger partial charge in [-0.2, -0.15) is 0 Å². The minimum absolute atomic E-state index is 0.507. The zero-order valence-electron chi connectivity index (χ0n) is 11.3. The number of aromatic nitrogens is 2. The number of thiophene rings is 1. The summed E-state index contributed by atoms with van der Waals surface area (Å²) < 4.78 is 0. The van der Waals surface area contributed by atoms with Crippen LogP contribution in [0.2, 0.25) is 5.15 Å². The fraction of sp³-hybridized carbons (Fsp3) is 0.571. The van der Waals surface area contributed by atoms with Gasteiger partial charge in [0.2, 0.25) is 5.95 Å². The number of fused-ring (bicyclic) bond motifs is 1. The molecule has 0 amide bonds. The second-order valence-corrected chi connectivity index (χ2v) is 6.61. The van der Waals surface area contributed by atoms with Crippen molar-refractivity contribution in [2.24, 2.45) is 0 Å². The zero-order valence-corrected chi connectivity index (χ0v) is 12.9. The normalized spacial score (nSPS) is 20.2. The first kappa shape index (κ1) is 13.1. The Labute approximate surface area is 122 Å². The number of rotatable bonds is 2. The Kier molecular flexibility index (Phi) is 3.63. The summed E-state index contributed by atoms with van der Waals surface area (Å²) in [5, 5.41) is 1.59. The summed E-state index contributed by atoms with van der Waals surface area (Å²) in [5.74, 6) is 0.800. The molecule has 1 unspecified atom stereocenters. The first-order valence-electron chi connectivity index (χ1n) is 6.91. The summed E-state index contributed by atoms with van der Waals surface area (Å²) in [7, 11) is 0. The molecule has 1 saturated heterocycles. The lowest BCUT2D eigenvalue weighted by Crippen LogP contribution is -2.38. The minimum atomic E-state index is 0.507. The number of piperidine rings is 1. The summed E-state index contributed by atoms with van der Waals surface area (Å²) in [4.78, 5) is 13.9. The Bertz CT molecular complexity index is 596. The van der Waals surface area contributed by atoms with Gasteiger partial charge < -0.3 is 4.90 Å². The Hall–Kier alpha value is -0.870. The molecule has 0 bridgehead atoms. The molecular formula is C14H18ClN3S. The summed E-state index contributed by atoms with van der Waals surface area (Å²) in [6.45, 7) is 5.43. The molecule has 0 N–H and O–H groups in total. The van der Waals surface area contributed by atoms with E-state index in [1.165, 1.54) is 24.1 Å². The van der Waals surface area contributed by atoms with E-state index in [-0.39, 0.29) is 0 Å². The quantitative estimate of drug-likeness (QED) is 0.774. The second-order valence-electron chi connectivity index (χ2n) is 5.14. The Morgan fingerprint density at radius 1 is 1.42 bits per heavy atom. The molecule has 1 aliphatic rings. The maximum absolute atomic E-state index is 6.33. The molecule has 102 valence electrons. The maximum atomic E-state index is 6.33. The molecule has 3 rings (SSSR count). The van der Waals surface area contributed by atoms with Crippen molar-refractivity contribution in [3.63, 3.8) is 0 Å². The SMILES string of the molecule is CCc1cc2c(Cl)nc(N3CCCCC3C)nc2s1. The van der Waals surface area contributed by atoms with Crippen LogP contribution in [0, 0.1) is 0 Å². The predicted octanol–water partition coefficient (Wildman–Crippen LogP) is 4.29. The van der Waals surface area contributed by atoms with Crippen LogP contribution in [0.3, 0.4) is 0 Å². The van der Waals surface area contributed by atoms with Crippen LogP contribution in [-0.4, -0.2) is 22.6 Å². The Morgan fingerprint density at radius 3 is 3.00 bits per heavy atom. The molecule has 3 nitrogen and oxygen atoms in total. The van der Waals surface area contributed by atoms with Gasteiger partial charge in [-0.1, -0.05) is 18.5 Å². The first-order valence-corrected chi connectivity index (χ1v) is 8.11. The van der Waals surface area contributed by atoms with Gasteiger partial charge in [0.25, 0.3) is 0 Å². The lowest BCUT2D eigenvalue weighted by molar-refractivity contribution is 0.477. The molecule has 0 aromatic carbocycles. The van der Waals surface area contributed by atoms with Gasteiger partial charge in [0.05, 0.1) is 0 Å². The van der Waals surface area contributed by atoms with Gasteiger partial charge in [-0.05, 0) is 38.7 Å². The van der Waals surface area contributed by atoms with E-state index in [0.717, 1.165) is 29.1 Å². The largest absolute Gasteiger partial charge is 0.338 e. The average Bonchev–Trinajstić information content (AvgIpc) is 2.83. The van der Waals surface area contributed by atoms with Crippen molar-refractivity contribution < 1.29 is 0 Å². The van der Waals surface area contributed by atoms with Crippen LogP contribution in [0.25, 0.3) is 10.2 Å². The van der Waals surface area contributed by atoms with E-state index in [4.69, 9.17) is 16.6 Å². The number of anilines is 1. The molecule has 0 spiro atoms. The lowest BCUT2D eigenvalue weighted by Gasteiger charge is -2.33. The number of hydrogen-bond acceptors (Lipinski definition) is 4. The topological polar surface area (TPSA) is 29.0 Å². The van der Waals surface area contributed by atoms with Gasteiger partial charge in [-0.3, -0.25) is 0 Å². The van der Waals surface area contributed by atoms with Crippen molar-refractivity contribution in [2.75, 3.05) is 11.4 Å². The molecule has 1 aliphatic heterocycles.